The molecule has 0 aromatic rings. The molecule has 0 N–H and O–H groups in total. The lowest BCUT2D eigenvalue weighted by molar-refractivity contribution is -0.126. The molecule has 0 bridgehead atoms. The fourth-order valence-corrected chi connectivity index (χ4v) is 2.98. The Morgan fingerprint density at radius 3 is 2.71 bits per heavy atom. The minimum atomic E-state index is 0.343. The maximum atomic E-state index is 12.2. The van der Waals surface area contributed by atoms with Crippen LogP contribution in [0.4, 0.5) is 0 Å². The summed E-state index contributed by atoms with van der Waals surface area (Å²) in [6, 6.07) is 0. The van der Waals surface area contributed by atoms with Gasteiger partial charge >= 0.3 is 0 Å². The highest BCUT2D eigenvalue weighted by Crippen LogP contribution is 2.34. The van der Waals surface area contributed by atoms with Gasteiger partial charge in [0, 0.05) is 26.1 Å². The SMILES string of the molecule is CCCCCC(=O)C1CCCCC1CCOC. The summed E-state index contributed by atoms with van der Waals surface area (Å²) in [4.78, 5) is 12.2. The van der Waals surface area contributed by atoms with Crippen molar-refractivity contribution in [3.05, 3.63) is 0 Å². The summed E-state index contributed by atoms with van der Waals surface area (Å²) in [5, 5.41) is 0. The molecule has 0 aliphatic heterocycles. The molecule has 17 heavy (non-hydrogen) atoms. The molecule has 0 spiro atoms. The van der Waals surface area contributed by atoms with Gasteiger partial charge in [0.15, 0.2) is 0 Å². The van der Waals surface area contributed by atoms with E-state index in [-0.39, 0.29) is 0 Å². The first-order valence-corrected chi connectivity index (χ1v) is 7.31. The zero-order valence-corrected chi connectivity index (χ0v) is 11.5. The van der Waals surface area contributed by atoms with E-state index in [1.807, 2.05) is 0 Å². The van der Waals surface area contributed by atoms with Gasteiger partial charge in [0.2, 0.25) is 0 Å². The van der Waals surface area contributed by atoms with Crippen molar-refractivity contribution in [1.29, 1.82) is 0 Å². The van der Waals surface area contributed by atoms with E-state index in [9.17, 15) is 4.79 Å². The van der Waals surface area contributed by atoms with E-state index in [2.05, 4.69) is 6.92 Å². The molecule has 2 heteroatoms. The average Bonchev–Trinajstić information content (AvgIpc) is 2.37. The van der Waals surface area contributed by atoms with Gasteiger partial charge in [-0.2, -0.15) is 0 Å². The summed E-state index contributed by atoms with van der Waals surface area (Å²) in [6.07, 6.45) is 10.3. The molecule has 2 unspecified atom stereocenters. The van der Waals surface area contributed by atoms with Crippen molar-refractivity contribution in [1.82, 2.24) is 0 Å². The minimum absolute atomic E-state index is 0.343. The van der Waals surface area contributed by atoms with Crippen LogP contribution in [0.1, 0.15) is 64.7 Å². The third-order valence-electron chi connectivity index (χ3n) is 4.04. The van der Waals surface area contributed by atoms with Crippen LogP contribution >= 0.6 is 0 Å². The molecule has 0 saturated heterocycles. The number of Topliss-reactive ketones (excluding diaryl/α,β-unsaturated/α-hetero) is 1. The van der Waals surface area contributed by atoms with Crippen molar-refractivity contribution in [2.75, 3.05) is 13.7 Å². The van der Waals surface area contributed by atoms with Gasteiger partial charge in [-0.15, -0.1) is 0 Å². The first-order chi connectivity index (χ1) is 8.29. The highest BCUT2D eigenvalue weighted by molar-refractivity contribution is 5.81. The lowest BCUT2D eigenvalue weighted by Gasteiger charge is -2.30. The van der Waals surface area contributed by atoms with E-state index < -0.39 is 0 Å². The number of ether oxygens (including phenoxy) is 1. The van der Waals surface area contributed by atoms with Gasteiger partial charge in [0.1, 0.15) is 5.78 Å². The van der Waals surface area contributed by atoms with Crippen LogP contribution in [0, 0.1) is 11.8 Å². The summed E-state index contributed by atoms with van der Waals surface area (Å²) < 4.78 is 5.16. The number of carbonyl (C=O) groups is 1. The topological polar surface area (TPSA) is 26.3 Å². The van der Waals surface area contributed by atoms with Gasteiger partial charge in [-0.3, -0.25) is 4.79 Å². The normalized spacial score (nSPS) is 24.8. The lowest BCUT2D eigenvalue weighted by Crippen LogP contribution is -2.28. The Labute approximate surface area is 106 Å². The van der Waals surface area contributed by atoms with Crippen molar-refractivity contribution < 1.29 is 9.53 Å². The molecule has 0 amide bonds. The Balaban J connectivity index is 2.37. The molecular formula is C15H28O2. The maximum Gasteiger partial charge on any atom is 0.136 e. The summed E-state index contributed by atoms with van der Waals surface area (Å²) in [6.45, 7) is 3.00. The Hall–Kier alpha value is -0.370. The second-order valence-electron chi connectivity index (χ2n) is 5.36. The first-order valence-electron chi connectivity index (χ1n) is 7.31. The summed E-state index contributed by atoms with van der Waals surface area (Å²) in [5.41, 5.74) is 0. The van der Waals surface area contributed by atoms with Crippen molar-refractivity contribution in [3.8, 4) is 0 Å². The predicted molar refractivity (Wildman–Crippen MR) is 71.1 cm³/mol. The number of methoxy groups -OCH3 is 1. The van der Waals surface area contributed by atoms with E-state index in [0.29, 0.717) is 17.6 Å². The highest BCUT2D eigenvalue weighted by atomic mass is 16.5. The molecule has 1 rings (SSSR count). The molecule has 1 aliphatic rings. The smallest absolute Gasteiger partial charge is 0.136 e. The molecule has 0 aromatic heterocycles. The third-order valence-corrected chi connectivity index (χ3v) is 4.04. The van der Waals surface area contributed by atoms with Crippen LogP contribution in [0.2, 0.25) is 0 Å². The predicted octanol–water partition coefficient (Wildman–Crippen LogP) is 3.98. The number of rotatable bonds is 8. The van der Waals surface area contributed by atoms with Gasteiger partial charge in [0.25, 0.3) is 0 Å². The summed E-state index contributed by atoms with van der Waals surface area (Å²) >= 11 is 0. The lowest BCUT2D eigenvalue weighted by atomic mass is 9.74. The standard InChI is InChI=1S/C15H28O2/c1-3-4-5-10-15(16)14-9-7-6-8-13(14)11-12-17-2/h13-14H,3-12H2,1-2H3. The van der Waals surface area contributed by atoms with Gasteiger partial charge in [-0.05, 0) is 31.6 Å². The van der Waals surface area contributed by atoms with Crippen molar-refractivity contribution >= 4 is 5.78 Å². The van der Waals surface area contributed by atoms with E-state index in [0.717, 1.165) is 32.3 Å². The van der Waals surface area contributed by atoms with E-state index in [4.69, 9.17) is 4.74 Å². The minimum Gasteiger partial charge on any atom is -0.385 e. The van der Waals surface area contributed by atoms with Gasteiger partial charge in [-0.1, -0.05) is 32.6 Å². The maximum absolute atomic E-state index is 12.2. The fraction of sp³-hybridized carbons (Fsp3) is 0.933. The average molecular weight is 240 g/mol. The molecule has 0 radical (unpaired) electrons. The zero-order valence-electron chi connectivity index (χ0n) is 11.5. The fourth-order valence-electron chi connectivity index (χ4n) is 2.98. The van der Waals surface area contributed by atoms with Crippen LogP contribution in [0.3, 0.4) is 0 Å². The van der Waals surface area contributed by atoms with Gasteiger partial charge in [0.05, 0.1) is 0 Å². The molecule has 100 valence electrons. The van der Waals surface area contributed by atoms with E-state index >= 15 is 0 Å². The van der Waals surface area contributed by atoms with Crippen LogP contribution in [-0.2, 0) is 9.53 Å². The first kappa shape index (κ1) is 14.7. The molecule has 1 fully saturated rings. The third kappa shape index (κ3) is 5.20. The summed E-state index contributed by atoms with van der Waals surface area (Å²) in [7, 11) is 1.75. The van der Waals surface area contributed by atoms with Crippen LogP contribution in [0.15, 0.2) is 0 Å². The molecular weight excluding hydrogens is 212 g/mol. The second-order valence-corrected chi connectivity index (χ2v) is 5.36. The van der Waals surface area contributed by atoms with Crippen LogP contribution in [0.5, 0.6) is 0 Å². The van der Waals surface area contributed by atoms with Gasteiger partial charge < -0.3 is 4.74 Å². The quantitative estimate of drug-likeness (QED) is 0.600. The van der Waals surface area contributed by atoms with E-state index in [1.54, 1.807) is 7.11 Å². The van der Waals surface area contributed by atoms with E-state index in [1.165, 1.54) is 32.1 Å². The summed E-state index contributed by atoms with van der Waals surface area (Å²) in [5.74, 6) is 1.47. The number of ketones is 1. The molecule has 1 aliphatic carbocycles. The Bertz CT molecular complexity index is 213. The molecule has 1 saturated carbocycles. The molecule has 0 heterocycles. The molecule has 2 atom stereocenters. The Morgan fingerprint density at radius 2 is 2.00 bits per heavy atom. The van der Waals surface area contributed by atoms with Crippen molar-refractivity contribution in [3.63, 3.8) is 0 Å². The van der Waals surface area contributed by atoms with Crippen LogP contribution in [0.25, 0.3) is 0 Å². The number of unbranched alkanes of at least 4 members (excludes halogenated alkanes) is 2. The number of carbonyl (C=O) groups excluding carboxylic acids is 1. The largest absolute Gasteiger partial charge is 0.385 e. The molecule has 0 aromatic carbocycles. The zero-order chi connectivity index (χ0) is 12.5. The Morgan fingerprint density at radius 1 is 1.24 bits per heavy atom. The monoisotopic (exact) mass is 240 g/mol. The molecule has 2 nitrogen and oxygen atoms in total. The Kier molecular flexibility index (Phi) is 7.50. The van der Waals surface area contributed by atoms with Gasteiger partial charge in [-0.25, -0.2) is 0 Å². The van der Waals surface area contributed by atoms with Crippen LogP contribution in [-0.4, -0.2) is 19.5 Å². The number of hydrogen-bond donors (Lipinski definition) is 0. The second kappa shape index (κ2) is 8.68. The van der Waals surface area contributed by atoms with Crippen molar-refractivity contribution in [2.45, 2.75) is 64.7 Å². The van der Waals surface area contributed by atoms with Crippen molar-refractivity contribution in [2.24, 2.45) is 11.8 Å². The van der Waals surface area contributed by atoms with Crippen LogP contribution < -0.4 is 0 Å². The number of hydrogen-bond acceptors (Lipinski definition) is 2. The highest BCUT2D eigenvalue weighted by Gasteiger charge is 2.29.